The molecule has 3 N–H and O–H groups in total. The van der Waals surface area contributed by atoms with Gasteiger partial charge in [0.15, 0.2) is 0 Å². The Morgan fingerprint density at radius 2 is 1.89 bits per heavy atom. The Labute approximate surface area is 123 Å². The number of amides is 1. The van der Waals surface area contributed by atoms with Crippen molar-refractivity contribution >= 4 is 30.7 Å². The summed E-state index contributed by atoms with van der Waals surface area (Å²) in [5, 5.41) is 2.94. The third-order valence-electron chi connectivity index (χ3n) is 3.40. The number of nitrogens with two attached hydrogens (primary N) is 1. The van der Waals surface area contributed by atoms with Crippen molar-refractivity contribution < 1.29 is 4.79 Å². The van der Waals surface area contributed by atoms with Crippen molar-refractivity contribution in [2.75, 3.05) is 26.2 Å². The quantitative estimate of drug-likeness (QED) is 0.750. The first-order valence-corrected chi connectivity index (χ1v) is 6.42. The van der Waals surface area contributed by atoms with Gasteiger partial charge in [-0.15, -0.1) is 24.8 Å². The van der Waals surface area contributed by atoms with E-state index in [1.807, 2.05) is 0 Å². The van der Waals surface area contributed by atoms with E-state index in [2.05, 4.69) is 24.1 Å². The molecule has 0 heterocycles. The van der Waals surface area contributed by atoms with E-state index in [1.54, 1.807) is 0 Å². The molecular formula is C12H27Cl2N3O. The topological polar surface area (TPSA) is 58.4 Å². The minimum absolute atomic E-state index is 0. The van der Waals surface area contributed by atoms with Crippen LogP contribution in [-0.4, -0.2) is 42.5 Å². The summed E-state index contributed by atoms with van der Waals surface area (Å²) in [7, 11) is 0. The third kappa shape index (κ3) is 5.74. The lowest BCUT2D eigenvalue weighted by Gasteiger charge is -2.36. The van der Waals surface area contributed by atoms with Crippen LogP contribution in [0.4, 0.5) is 0 Å². The van der Waals surface area contributed by atoms with Crippen LogP contribution in [-0.2, 0) is 4.79 Å². The fourth-order valence-electron chi connectivity index (χ4n) is 2.03. The van der Waals surface area contributed by atoms with Crippen molar-refractivity contribution in [2.24, 2.45) is 5.73 Å². The molecule has 1 fully saturated rings. The van der Waals surface area contributed by atoms with Crippen molar-refractivity contribution in [3.8, 4) is 0 Å². The van der Waals surface area contributed by atoms with Gasteiger partial charge in [-0.2, -0.15) is 0 Å². The van der Waals surface area contributed by atoms with Gasteiger partial charge in [-0.1, -0.05) is 13.8 Å². The molecule has 1 saturated carbocycles. The number of rotatable bonds is 7. The van der Waals surface area contributed by atoms with Gasteiger partial charge >= 0.3 is 0 Å². The van der Waals surface area contributed by atoms with E-state index >= 15 is 0 Å². The van der Waals surface area contributed by atoms with Crippen molar-refractivity contribution in [3.63, 3.8) is 0 Å². The Hall–Kier alpha value is -0.0300. The lowest BCUT2D eigenvalue weighted by atomic mass is 9.77. The molecule has 0 bridgehead atoms. The SMILES string of the molecule is CCCN(CC)CCNC(=O)C1(N)CCC1.Cl.Cl. The van der Waals surface area contributed by atoms with Gasteiger partial charge in [-0.05, 0) is 38.8 Å². The average Bonchev–Trinajstić information content (AvgIpc) is 2.24. The lowest BCUT2D eigenvalue weighted by molar-refractivity contribution is -0.129. The second kappa shape index (κ2) is 9.84. The minimum Gasteiger partial charge on any atom is -0.353 e. The summed E-state index contributed by atoms with van der Waals surface area (Å²) in [5.74, 6) is 0.0336. The number of hydrogen-bond donors (Lipinski definition) is 2. The van der Waals surface area contributed by atoms with E-state index < -0.39 is 5.54 Å². The van der Waals surface area contributed by atoms with Crippen molar-refractivity contribution in [2.45, 2.75) is 45.1 Å². The van der Waals surface area contributed by atoms with Crippen molar-refractivity contribution in [1.29, 1.82) is 0 Å². The van der Waals surface area contributed by atoms with E-state index in [1.165, 1.54) is 0 Å². The fraction of sp³-hybridized carbons (Fsp3) is 0.917. The molecule has 0 atom stereocenters. The van der Waals surface area contributed by atoms with Crippen LogP contribution in [0.1, 0.15) is 39.5 Å². The highest BCUT2D eigenvalue weighted by atomic mass is 35.5. The normalized spacial score (nSPS) is 16.2. The third-order valence-corrected chi connectivity index (χ3v) is 3.40. The number of hydrogen-bond acceptors (Lipinski definition) is 3. The molecule has 0 aromatic rings. The molecule has 1 aliphatic rings. The molecule has 0 aliphatic heterocycles. The summed E-state index contributed by atoms with van der Waals surface area (Å²) in [6.45, 7) is 8.09. The summed E-state index contributed by atoms with van der Waals surface area (Å²) < 4.78 is 0. The molecule has 1 amide bonds. The number of likely N-dealkylation sites (N-methyl/N-ethyl adjacent to an activating group) is 1. The van der Waals surface area contributed by atoms with Crippen molar-refractivity contribution in [1.82, 2.24) is 10.2 Å². The largest absolute Gasteiger partial charge is 0.353 e. The lowest BCUT2D eigenvalue weighted by Crippen LogP contribution is -2.59. The first-order chi connectivity index (χ1) is 7.62. The highest BCUT2D eigenvalue weighted by molar-refractivity contribution is 5.87. The average molecular weight is 300 g/mol. The predicted molar refractivity (Wildman–Crippen MR) is 80.7 cm³/mol. The molecular weight excluding hydrogens is 273 g/mol. The first kappa shape index (κ1) is 20.3. The van der Waals surface area contributed by atoms with Crippen LogP contribution >= 0.6 is 24.8 Å². The van der Waals surface area contributed by atoms with E-state index in [4.69, 9.17) is 5.73 Å². The number of carbonyl (C=O) groups excluding carboxylic acids is 1. The Balaban J connectivity index is 0. The van der Waals surface area contributed by atoms with E-state index in [-0.39, 0.29) is 30.7 Å². The van der Waals surface area contributed by atoms with Crippen LogP contribution < -0.4 is 11.1 Å². The molecule has 110 valence electrons. The van der Waals surface area contributed by atoms with Gasteiger partial charge in [-0.25, -0.2) is 0 Å². The predicted octanol–water partition coefficient (Wildman–Crippen LogP) is 1.56. The fourth-order valence-corrected chi connectivity index (χ4v) is 2.03. The Bertz CT molecular complexity index is 235. The van der Waals surface area contributed by atoms with Gasteiger partial charge in [-0.3, -0.25) is 4.79 Å². The van der Waals surface area contributed by atoms with E-state index in [0.717, 1.165) is 45.3 Å². The number of carbonyl (C=O) groups is 1. The summed E-state index contributed by atoms with van der Waals surface area (Å²) in [6, 6.07) is 0. The molecule has 4 nitrogen and oxygen atoms in total. The van der Waals surface area contributed by atoms with Crippen LogP contribution in [0, 0.1) is 0 Å². The maximum Gasteiger partial charge on any atom is 0.240 e. The zero-order valence-electron chi connectivity index (χ0n) is 11.4. The van der Waals surface area contributed by atoms with Gasteiger partial charge in [0.2, 0.25) is 5.91 Å². The zero-order valence-corrected chi connectivity index (χ0v) is 13.0. The maximum atomic E-state index is 11.7. The van der Waals surface area contributed by atoms with Crippen LogP contribution in [0.25, 0.3) is 0 Å². The van der Waals surface area contributed by atoms with Crippen LogP contribution in [0.2, 0.25) is 0 Å². The number of nitrogens with zero attached hydrogens (tertiary/aromatic N) is 1. The highest BCUT2D eigenvalue weighted by Gasteiger charge is 2.39. The van der Waals surface area contributed by atoms with Gasteiger partial charge in [0.25, 0.3) is 0 Å². The molecule has 18 heavy (non-hydrogen) atoms. The van der Waals surface area contributed by atoms with Crippen LogP contribution in [0.3, 0.4) is 0 Å². The molecule has 0 spiro atoms. The minimum atomic E-state index is -0.554. The smallest absolute Gasteiger partial charge is 0.240 e. The highest BCUT2D eigenvalue weighted by Crippen LogP contribution is 2.28. The Morgan fingerprint density at radius 3 is 2.28 bits per heavy atom. The van der Waals surface area contributed by atoms with Crippen molar-refractivity contribution in [3.05, 3.63) is 0 Å². The maximum absolute atomic E-state index is 11.7. The van der Waals surface area contributed by atoms with Crippen LogP contribution in [0.5, 0.6) is 0 Å². The molecule has 0 aromatic heterocycles. The molecule has 0 aromatic carbocycles. The molecule has 0 unspecified atom stereocenters. The molecule has 6 heteroatoms. The standard InChI is InChI=1S/C12H25N3O.2ClH/c1-3-9-15(4-2)10-8-14-11(16)12(13)6-5-7-12;;/h3-10,13H2,1-2H3,(H,14,16);2*1H. The second-order valence-electron chi connectivity index (χ2n) is 4.70. The monoisotopic (exact) mass is 299 g/mol. The summed E-state index contributed by atoms with van der Waals surface area (Å²) >= 11 is 0. The van der Waals surface area contributed by atoms with E-state index in [9.17, 15) is 4.79 Å². The number of halogens is 2. The first-order valence-electron chi connectivity index (χ1n) is 6.42. The summed E-state index contributed by atoms with van der Waals surface area (Å²) in [5.41, 5.74) is 5.37. The Morgan fingerprint density at radius 1 is 1.28 bits per heavy atom. The Kier molecular flexibility index (Phi) is 11.1. The van der Waals surface area contributed by atoms with Gasteiger partial charge in [0, 0.05) is 13.1 Å². The second-order valence-corrected chi connectivity index (χ2v) is 4.70. The molecule has 0 saturated heterocycles. The zero-order chi connectivity index (χ0) is 12.0. The molecule has 0 radical (unpaired) electrons. The molecule has 1 rings (SSSR count). The summed E-state index contributed by atoms with van der Waals surface area (Å²) in [4.78, 5) is 14.1. The van der Waals surface area contributed by atoms with Gasteiger partial charge < -0.3 is 16.0 Å². The van der Waals surface area contributed by atoms with E-state index in [0.29, 0.717) is 6.54 Å². The van der Waals surface area contributed by atoms with Crippen LogP contribution in [0.15, 0.2) is 0 Å². The van der Waals surface area contributed by atoms with Gasteiger partial charge in [0.1, 0.15) is 0 Å². The van der Waals surface area contributed by atoms with Gasteiger partial charge in [0.05, 0.1) is 5.54 Å². The number of nitrogens with one attached hydrogen (secondary N) is 1. The summed E-state index contributed by atoms with van der Waals surface area (Å²) in [6.07, 6.45) is 3.92. The molecule has 1 aliphatic carbocycles.